The van der Waals surface area contributed by atoms with Crippen molar-refractivity contribution >= 4 is 16.6 Å². The number of piperazine rings is 1. The van der Waals surface area contributed by atoms with Crippen molar-refractivity contribution in [3.8, 4) is 17.2 Å². The maximum Gasteiger partial charge on any atom is 0.253 e. The maximum absolute atomic E-state index is 13.7. The van der Waals surface area contributed by atoms with Crippen LogP contribution >= 0.6 is 0 Å². The van der Waals surface area contributed by atoms with Crippen LogP contribution in [0.5, 0.6) is 17.2 Å². The van der Waals surface area contributed by atoms with Gasteiger partial charge in [-0.25, -0.2) is 4.68 Å². The predicted molar refractivity (Wildman–Crippen MR) is 149 cm³/mol. The summed E-state index contributed by atoms with van der Waals surface area (Å²) in [5.74, 6) is 2.90. The number of ether oxygens (including phenoxy) is 3. The lowest BCUT2D eigenvalue weighted by Gasteiger charge is -2.40. The van der Waals surface area contributed by atoms with Crippen molar-refractivity contribution in [3.05, 3.63) is 64.2 Å². The van der Waals surface area contributed by atoms with Gasteiger partial charge in [-0.3, -0.25) is 9.69 Å². The highest BCUT2D eigenvalue weighted by Crippen LogP contribution is 2.37. The first-order chi connectivity index (χ1) is 19.7. The van der Waals surface area contributed by atoms with E-state index in [-0.39, 0.29) is 24.4 Å². The van der Waals surface area contributed by atoms with Crippen LogP contribution in [-0.2, 0) is 0 Å². The Morgan fingerprint density at radius 2 is 1.73 bits per heavy atom. The molecule has 1 aliphatic carbocycles. The van der Waals surface area contributed by atoms with Gasteiger partial charge in [-0.1, -0.05) is 19.3 Å². The van der Waals surface area contributed by atoms with Crippen molar-refractivity contribution in [2.45, 2.75) is 44.2 Å². The zero-order valence-corrected chi connectivity index (χ0v) is 22.6. The van der Waals surface area contributed by atoms with E-state index in [1.807, 2.05) is 35.0 Å². The Kier molecular flexibility index (Phi) is 6.51. The number of nitrogens with one attached hydrogen (secondary N) is 1. The van der Waals surface area contributed by atoms with E-state index in [9.17, 15) is 4.79 Å². The lowest BCUT2D eigenvalue weighted by molar-refractivity contribution is 0.174. The number of anilines is 1. The molecule has 1 N–H and O–H groups in total. The summed E-state index contributed by atoms with van der Waals surface area (Å²) in [4.78, 5) is 21.5. The fraction of sp³-hybridized carbons (Fsp3) is 0.448. The van der Waals surface area contributed by atoms with E-state index < -0.39 is 0 Å². The number of benzene rings is 2. The Balaban J connectivity index is 1.25. The van der Waals surface area contributed by atoms with Crippen LogP contribution < -0.4 is 24.7 Å². The van der Waals surface area contributed by atoms with Gasteiger partial charge in [-0.05, 0) is 59.7 Å². The number of pyridine rings is 1. The molecule has 0 bridgehead atoms. The molecule has 1 saturated heterocycles. The van der Waals surface area contributed by atoms with Gasteiger partial charge in [0.05, 0.1) is 18.7 Å². The minimum atomic E-state index is -0.381. The second-order valence-electron chi connectivity index (χ2n) is 10.7. The summed E-state index contributed by atoms with van der Waals surface area (Å²) in [6.45, 7) is 3.33. The van der Waals surface area contributed by atoms with Crippen molar-refractivity contribution in [2.75, 3.05) is 45.0 Å². The largest absolute Gasteiger partial charge is 0.497 e. The third-order valence-electron chi connectivity index (χ3n) is 8.46. The van der Waals surface area contributed by atoms with Gasteiger partial charge < -0.3 is 24.1 Å². The average molecular weight is 544 g/mol. The predicted octanol–water partition coefficient (Wildman–Crippen LogP) is 3.67. The van der Waals surface area contributed by atoms with Crippen LogP contribution in [0.1, 0.15) is 55.6 Å². The Hall–Kier alpha value is -4.12. The zero-order valence-electron chi connectivity index (χ0n) is 22.6. The van der Waals surface area contributed by atoms with Crippen LogP contribution in [0.4, 0.5) is 5.69 Å². The van der Waals surface area contributed by atoms with E-state index in [0.29, 0.717) is 22.6 Å². The Morgan fingerprint density at radius 3 is 2.48 bits per heavy atom. The van der Waals surface area contributed by atoms with E-state index in [2.05, 4.69) is 42.4 Å². The number of hydrogen-bond donors (Lipinski definition) is 1. The molecule has 40 heavy (non-hydrogen) atoms. The molecule has 0 amide bonds. The summed E-state index contributed by atoms with van der Waals surface area (Å²) in [5.41, 5.74) is 2.36. The van der Waals surface area contributed by atoms with Crippen LogP contribution in [0, 0.1) is 0 Å². The maximum atomic E-state index is 13.7. The molecule has 11 heteroatoms. The number of fused-ring (bicyclic) bond motifs is 2. The molecule has 208 valence electrons. The van der Waals surface area contributed by atoms with Crippen LogP contribution in [0.2, 0.25) is 0 Å². The molecule has 2 aromatic carbocycles. The monoisotopic (exact) mass is 543 g/mol. The molecule has 1 atom stereocenters. The van der Waals surface area contributed by atoms with Crippen LogP contribution in [0.15, 0.2) is 47.3 Å². The van der Waals surface area contributed by atoms with Crippen LogP contribution in [0.25, 0.3) is 10.9 Å². The van der Waals surface area contributed by atoms with Crippen molar-refractivity contribution in [1.82, 2.24) is 30.1 Å². The molecule has 2 fully saturated rings. The molecule has 0 radical (unpaired) electrons. The normalized spacial score (nSPS) is 18.8. The molecule has 1 saturated carbocycles. The minimum absolute atomic E-state index is 0.146. The second kappa shape index (κ2) is 10.5. The summed E-state index contributed by atoms with van der Waals surface area (Å²) in [6.07, 6.45) is 5.67. The van der Waals surface area contributed by atoms with Gasteiger partial charge in [-0.2, -0.15) is 0 Å². The van der Waals surface area contributed by atoms with E-state index in [4.69, 9.17) is 14.2 Å². The molecule has 2 aliphatic heterocycles. The number of tetrazole rings is 1. The van der Waals surface area contributed by atoms with Crippen LogP contribution in [-0.4, -0.2) is 70.2 Å². The van der Waals surface area contributed by atoms with Crippen molar-refractivity contribution in [1.29, 1.82) is 0 Å². The number of hydrogen-bond acceptors (Lipinski definition) is 9. The Morgan fingerprint density at radius 1 is 0.975 bits per heavy atom. The Bertz CT molecular complexity index is 1550. The lowest BCUT2D eigenvalue weighted by atomic mass is 9.95. The van der Waals surface area contributed by atoms with Gasteiger partial charge in [0.2, 0.25) is 6.79 Å². The van der Waals surface area contributed by atoms with Crippen molar-refractivity contribution in [3.63, 3.8) is 0 Å². The molecule has 4 heterocycles. The lowest BCUT2D eigenvalue weighted by Crippen LogP contribution is -2.49. The molecule has 3 aliphatic rings. The SMILES string of the molecule is COc1ccc(N2CCN([C@H](c3cc4cc5c(cc4[nH]c3=O)OCO5)c3nnnn3C3CCCCC3)CC2)cc1. The third-order valence-corrected chi connectivity index (χ3v) is 8.46. The second-order valence-corrected chi connectivity index (χ2v) is 10.7. The number of methoxy groups -OCH3 is 1. The standard InChI is InChI=1S/C29H33N7O4/c1-38-22-9-7-20(8-10-22)34-11-13-35(14-12-34)27(28-31-32-33-36(28)21-5-3-2-4-6-21)23-15-19-16-25-26(40-18-39-25)17-24(19)30-29(23)37/h7-10,15-17,21,27H,2-6,11-14,18H2,1H3,(H,30,37)/t27-/m1/s1. The number of nitrogens with zero attached hydrogens (tertiary/aromatic N) is 6. The molecule has 7 rings (SSSR count). The smallest absolute Gasteiger partial charge is 0.253 e. The van der Waals surface area contributed by atoms with Gasteiger partial charge in [0.15, 0.2) is 17.3 Å². The van der Waals surface area contributed by atoms with Gasteiger partial charge in [0, 0.05) is 48.9 Å². The molecular weight excluding hydrogens is 510 g/mol. The molecule has 0 unspecified atom stereocenters. The summed E-state index contributed by atoms with van der Waals surface area (Å²) < 4.78 is 18.5. The first kappa shape index (κ1) is 24.9. The zero-order chi connectivity index (χ0) is 27.1. The van der Waals surface area contributed by atoms with E-state index in [1.54, 1.807) is 7.11 Å². The van der Waals surface area contributed by atoms with E-state index >= 15 is 0 Å². The van der Waals surface area contributed by atoms with Crippen molar-refractivity contribution < 1.29 is 14.2 Å². The van der Waals surface area contributed by atoms with Crippen molar-refractivity contribution in [2.24, 2.45) is 0 Å². The number of aromatic amines is 1. The molecule has 4 aromatic rings. The van der Waals surface area contributed by atoms with Gasteiger partial charge in [0.1, 0.15) is 11.8 Å². The summed E-state index contributed by atoms with van der Waals surface area (Å²) in [5, 5.41) is 14.0. The number of H-pyrrole nitrogens is 1. The molecular formula is C29H33N7O4. The first-order valence-electron chi connectivity index (χ1n) is 14.1. The first-order valence-corrected chi connectivity index (χ1v) is 14.1. The van der Waals surface area contributed by atoms with Gasteiger partial charge >= 0.3 is 0 Å². The van der Waals surface area contributed by atoms with Gasteiger partial charge in [-0.15, -0.1) is 5.10 Å². The summed E-state index contributed by atoms with van der Waals surface area (Å²) >= 11 is 0. The minimum Gasteiger partial charge on any atom is -0.497 e. The summed E-state index contributed by atoms with van der Waals surface area (Å²) in [6, 6.07) is 13.8. The number of rotatable bonds is 6. The van der Waals surface area contributed by atoms with E-state index in [1.165, 1.54) is 19.3 Å². The highest BCUT2D eigenvalue weighted by Gasteiger charge is 2.34. The van der Waals surface area contributed by atoms with Crippen LogP contribution in [0.3, 0.4) is 0 Å². The third kappa shape index (κ3) is 4.53. The number of aromatic nitrogens is 5. The summed E-state index contributed by atoms with van der Waals surface area (Å²) in [7, 11) is 1.68. The quantitative estimate of drug-likeness (QED) is 0.389. The molecule has 11 nitrogen and oxygen atoms in total. The Labute approximate surface area is 231 Å². The van der Waals surface area contributed by atoms with Gasteiger partial charge in [0.25, 0.3) is 5.56 Å². The molecule has 0 spiro atoms. The molecule has 2 aromatic heterocycles. The fourth-order valence-electron chi connectivity index (χ4n) is 6.31. The highest BCUT2D eigenvalue weighted by atomic mass is 16.7. The average Bonchev–Trinajstić information content (AvgIpc) is 3.67. The topological polar surface area (TPSA) is 111 Å². The highest BCUT2D eigenvalue weighted by molar-refractivity contribution is 5.83. The fourth-order valence-corrected chi connectivity index (χ4v) is 6.31. The van der Waals surface area contributed by atoms with E-state index in [0.717, 1.165) is 61.7 Å².